The second-order valence-electron chi connectivity index (χ2n) is 6.54. The van der Waals surface area contributed by atoms with Crippen molar-refractivity contribution in [3.63, 3.8) is 0 Å². The number of amides is 1. The fourth-order valence-corrected chi connectivity index (χ4v) is 2.41. The zero-order valence-electron chi connectivity index (χ0n) is 13.9. The second-order valence-corrected chi connectivity index (χ2v) is 6.54. The van der Waals surface area contributed by atoms with Crippen LogP contribution in [0.25, 0.3) is 0 Å². The molecule has 1 fully saturated rings. The second kappa shape index (κ2) is 6.76. The van der Waals surface area contributed by atoms with Crippen molar-refractivity contribution in [1.82, 2.24) is 4.90 Å². The number of hydrogen-bond acceptors (Lipinski definition) is 4. The van der Waals surface area contributed by atoms with Crippen molar-refractivity contribution in [2.45, 2.75) is 26.4 Å². The van der Waals surface area contributed by atoms with Gasteiger partial charge in [-0.2, -0.15) is 0 Å². The van der Waals surface area contributed by atoms with Crippen LogP contribution in [0.2, 0.25) is 0 Å². The van der Waals surface area contributed by atoms with Crippen LogP contribution in [0.3, 0.4) is 0 Å². The van der Waals surface area contributed by atoms with E-state index in [0.29, 0.717) is 13.1 Å². The third kappa shape index (κ3) is 5.05. The lowest BCUT2D eigenvalue weighted by Gasteiger charge is -2.36. The summed E-state index contributed by atoms with van der Waals surface area (Å²) in [4.78, 5) is 16.0. The van der Waals surface area contributed by atoms with E-state index >= 15 is 0 Å². The van der Waals surface area contributed by atoms with Crippen molar-refractivity contribution >= 4 is 23.4 Å². The van der Waals surface area contributed by atoms with E-state index in [2.05, 4.69) is 10.2 Å². The van der Waals surface area contributed by atoms with Crippen molar-refractivity contribution in [2.75, 3.05) is 36.4 Å². The van der Waals surface area contributed by atoms with Gasteiger partial charge in [-0.15, -0.1) is 0 Å². The first kappa shape index (κ1) is 16.9. The Bertz CT molecular complexity index is 574. The van der Waals surface area contributed by atoms with E-state index in [1.807, 2.05) is 45.0 Å². The number of carbonyl (C=O) groups is 1. The van der Waals surface area contributed by atoms with E-state index in [-0.39, 0.29) is 12.1 Å². The van der Waals surface area contributed by atoms with Crippen molar-refractivity contribution in [3.05, 3.63) is 24.3 Å². The molecule has 7 nitrogen and oxygen atoms in total. The molecule has 1 aliphatic heterocycles. The number of ether oxygens (including phenoxy) is 1. The van der Waals surface area contributed by atoms with E-state index in [1.165, 1.54) is 0 Å². The molecule has 0 saturated carbocycles. The molecule has 7 heteroatoms. The zero-order chi connectivity index (χ0) is 17.0. The number of nitrogens with one attached hydrogen (secondary N) is 2. The van der Waals surface area contributed by atoms with Crippen LogP contribution < -0.4 is 16.0 Å². The first-order valence-corrected chi connectivity index (χ1v) is 7.68. The summed E-state index contributed by atoms with van der Waals surface area (Å²) in [5.41, 5.74) is 6.71. The fraction of sp³-hybridized carbons (Fsp3) is 0.500. The van der Waals surface area contributed by atoms with E-state index in [4.69, 9.17) is 15.9 Å². The average molecular weight is 319 g/mol. The van der Waals surface area contributed by atoms with E-state index in [0.717, 1.165) is 24.5 Å². The maximum absolute atomic E-state index is 12.1. The number of guanidine groups is 1. The molecule has 0 spiro atoms. The SMILES string of the molecule is CC(C)(C)OC(=O)N1CCN(c2cccc(NC(=N)N)c2)CC1. The van der Waals surface area contributed by atoms with Crippen molar-refractivity contribution < 1.29 is 9.53 Å². The quantitative estimate of drug-likeness (QED) is 0.573. The smallest absolute Gasteiger partial charge is 0.410 e. The summed E-state index contributed by atoms with van der Waals surface area (Å²) < 4.78 is 5.40. The van der Waals surface area contributed by atoms with E-state index in [1.54, 1.807) is 4.90 Å². The summed E-state index contributed by atoms with van der Waals surface area (Å²) >= 11 is 0. The molecule has 0 aliphatic carbocycles. The average Bonchev–Trinajstić information content (AvgIpc) is 2.45. The third-order valence-electron chi connectivity index (χ3n) is 3.42. The number of anilines is 2. The maximum atomic E-state index is 12.1. The fourth-order valence-electron chi connectivity index (χ4n) is 2.41. The Morgan fingerprint density at radius 3 is 2.48 bits per heavy atom. The normalized spacial score (nSPS) is 15.3. The van der Waals surface area contributed by atoms with Crippen molar-refractivity contribution in [3.8, 4) is 0 Å². The van der Waals surface area contributed by atoms with Gasteiger partial charge < -0.3 is 25.6 Å². The van der Waals surface area contributed by atoms with Gasteiger partial charge in [0.2, 0.25) is 0 Å². The molecule has 1 saturated heterocycles. The topological polar surface area (TPSA) is 94.7 Å². The van der Waals surface area contributed by atoms with Gasteiger partial charge in [0.05, 0.1) is 0 Å². The minimum Gasteiger partial charge on any atom is -0.444 e. The summed E-state index contributed by atoms with van der Waals surface area (Å²) in [5, 5.41) is 10.1. The number of nitrogens with two attached hydrogens (primary N) is 1. The number of rotatable bonds is 2. The van der Waals surface area contributed by atoms with Gasteiger partial charge in [-0.05, 0) is 39.0 Å². The zero-order valence-corrected chi connectivity index (χ0v) is 13.9. The van der Waals surface area contributed by atoms with Crippen LogP contribution in [-0.4, -0.2) is 48.7 Å². The molecule has 1 aliphatic rings. The Balaban J connectivity index is 1.94. The predicted octanol–water partition coefficient (Wildman–Crippen LogP) is 2.05. The number of piperazine rings is 1. The Morgan fingerprint density at radius 1 is 1.26 bits per heavy atom. The summed E-state index contributed by atoms with van der Waals surface area (Å²) in [5.74, 6) is -0.0862. The van der Waals surface area contributed by atoms with Crippen molar-refractivity contribution in [1.29, 1.82) is 5.41 Å². The Kier molecular flexibility index (Phi) is 4.98. The number of benzene rings is 1. The van der Waals surface area contributed by atoms with Crippen LogP contribution >= 0.6 is 0 Å². The van der Waals surface area contributed by atoms with Crippen LogP contribution in [0.1, 0.15) is 20.8 Å². The minimum absolute atomic E-state index is 0.0862. The maximum Gasteiger partial charge on any atom is 0.410 e. The molecule has 1 aromatic carbocycles. The Hall–Kier alpha value is -2.44. The van der Waals surface area contributed by atoms with Crippen LogP contribution in [0.4, 0.5) is 16.2 Å². The molecule has 0 aromatic heterocycles. The lowest BCUT2D eigenvalue weighted by Crippen LogP contribution is -2.50. The van der Waals surface area contributed by atoms with Crippen LogP contribution in [-0.2, 0) is 4.74 Å². The molecule has 1 amide bonds. The lowest BCUT2D eigenvalue weighted by atomic mass is 10.2. The number of nitrogens with zero attached hydrogens (tertiary/aromatic N) is 2. The highest BCUT2D eigenvalue weighted by molar-refractivity contribution is 5.90. The first-order chi connectivity index (χ1) is 10.7. The first-order valence-electron chi connectivity index (χ1n) is 7.68. The molecular weight excluding hydrogens is 294 g/mol. The molecule has 4 N–H and O–H groups in total. The molecule has 0 radical (unpaired) electrons. The van der Waals surface area contributed by atoms with Gasteiger partial charge in [-0.1, -0.05) is 6.07 Å². The number of hydrogen-bond donors (Lipinski definition) is 3. The number of carbonyl (C=O) groups excluding carboxylic acids is 1. The minimum atomic E-state index is -0.471. The van der Waals surface area contributed by atoms with Gasteiger partial charge in [0.25, 0.3) is 0 Å². The largest absolute Gasteiger partial charge is 0.444 e. The standard InChI is InChI=1S/C16H25N5O2/c1-16(2,3)23-15(22)21-9-7-20(8-10-21)13-6-4-5-12(11-13)19-14(17)18/h4-6,11H,7-10H2,1-3H3,(H4,17,18,19). The third-order valence-corrected chi connectivity index (χ3v) is 3.42. The van der Waals surface area contributed by atoms with Gasteiger partial charge in [0, 0.05) is 37.6 Å². The highest BCUT2D eigenvalue weighted by Crippen LogP contribution is 2.21. The Labute approximate surface area is 136 Å². The summed E-state index contributed by atoms with van der Waals surface area (Å²) in [6, 6.07) is 7.74. The van der Waals surface area contributed by atoms with Gasteiger partial charge >= 0.3 is 6.09 Å². The molecule has 126 valence electrons. The summed E-state index contributed by atoms with van der Waals surface area (Å²) in [7, 11) is 0. The highest BCUT2D eigenvalue weighted by atomic mass is 16.6. The lowest BCUT2D eigenvalue weighted by molar-refractivity contribution is 0.0240. The van der Waals surface area contributed by atoms with Crippen LogP contribution in [0.15, 0.2) is 24.3 Å². The highest BCUT2D eigenvalue weighted by Gasteiger charge is 2.25. The molecule has 0 unspecified atom stereocenters. The van der Waals surface area contributed by atoms with Gasteiger partial charge in [-0.25, -0.2) is 4.79 Å². The van der Waals surface area contributed by atoms with Crippen LogP contribution in [0.5, 0.6) is 0 Å². The van der Waals surface area contributed by atoms with Crippen LogP contribution in [0, 0.1) is 5.41 Å². The van der Waals surface area contributed by atoms with E-state index < -0.39 is 5.60 Å². The predicted molar refractivity (Wildman–Crippen MR) is 92.0 cm³/mol. The molecule has 1 heterocycles. The summed E-state index contributed by atoms with van der Waals surface area (Å²) in [6.45, 7) is 8.34. The van der Waals surface area contributed by atoms with Gasteiger partial charge in [0.1, 0.15) is 5.60 Å². The molecule has 23 heavy (non-hydrogen) atoms. The molecule has 2 rings (SSSR count). The van der Waals surface area contributed by atoms with Gasteiger partial charge in [-0.3, -0.25) is 5.41 Å². The summed E-state index contributed by atoms with van der Waals surface area (Å²) in [6.07, 6.45) is -0.260. The molecule has 0 bridgehead atoms. The Morgan fingerprint density at radius 2 is 1.91 bits per heavy atom. The molecule has 1 aromatic rings. The van der Waals surface area contributed by atoms with Crippen molar-refractivity contribution in [2.24, 2.45) is 5.73 Å². The van der Waals surface area contributed by atoms with E-state index in [9.17, 15) is 4.79 Å². The van der Waals surface area contributed by atoms with Gasteiger partial charge in [0.15, 0.2) is 5.96 Å². The monoisotopic (exact) mass is 319 g/mol. The molecule has 0 atom stereocenters. The molecular formula is C16H25N5O2.